The van der Waals surface area contributed by atoms with E-state index >= 15 is 0 Å². The molecule has 1 amide bonds. The number of piperidine rings is 1. The molecule has 1 saturated heterocycles. The van der Waals surface area contributed by atoms with Gasteiger partial charge in [-0.3, -0.25) is 4.79 Å². The lowest BCUT2D eigenvalue weighted by Gasteiger charge is -2.25. The maximum Gasteiger partial charge on any atom is 0.222 e. The Morgan fingerprint density at radius 3 is 2.60 bits per heavy atom. The SMILES string of the molecule is CCc1ccc(CN(C)C(=O)CC2CCCNC2)cc1. The van der Waals surface area contributed by atoms with Crippen molar-refractivity contribution in [3.63, 3.8) is 0 Å². The van der Waals surface area contributed by atoms with Crippen LogP contribution in [0.4, 0.5) is 0 Å². The van der Waals surface area contributed by atoms with E-state index in [0.29, 0.717) is 18.9 Å². The minimum atomic E-state index is 0.262. The molecule has 0 radical (unpaired) electrons. The van der Waals surface area contributed by atoms with Gasteiger partial charge in [0.2, 0.25) is 5.91 Å². The van der Waals surface area contributed by atoms with Crippen LogP contribution in [-0.4, -0.2) is 30.9 Å². The average molecular weight is 274 g/mol. The van der Waals surface area contributed by atoms with Gasteiger partial charge in [-0.2, -0.15) is 0 Å². The molecule has 1 aromatic carbocycles. The summed E-state index contributed by atoms with van der Waals surface area (Å²) in [7, 11) is 1.91. The van der Waals surface area contributed by atoms with E-state index in [4.69, 9.17) is 0 Å². The van der Waals surface area contributed by atoms with E-state index in [0.717, 1.165) is 19.5 Å². The molecule has 0 spiro atoms. The number of carbonyl (C=O) groups is 1. The number of benzene rings is 1. The van der Waals surface area contributed by atoms with Crippen molar-refractivity contribution in [3.8, 4) is 0 Å². The Morgan fingerprint density at radius 1 is 1.30 bits per heavy atom. The molecule has 110 valence electrons. The normalized spacial score (nSPS) is 18.8. The molecule has 1 unspecified atom stereocenters. The predicted octanol–water partition coefficient (Wildman–Crippen LogP) is 2.60. The van der Waals surface area contributed by atoms with Crippen molar-refractivity contribution in [2.24, 2.45) is 5.92 Å². The van der Waals surface area contributed by atoms with Gasteiger partial charge in [0, 0.05) is 20.0 Å². The molecule has 1 aliphatic heterocycles. The lowest BCUT2D eigenvalue weighted by molar-refractivity contribution is -0.131. The van der Waals surface area contributed by atoms with Gasteiger partial charge in [0.05, 0.1) is 0 Å². The Labute approximate surface area is 122 Å². The van der Waals surface area contributed by atoms with Crippen LogP contribution in [0.2, 0.25) is 0 Å². The van der Waals surface area contributed by atoms with Crippen molar-refractivity contribution in [2.75, 3.05) is 20.1 Å². The van der Waals surface area contributed by atoms with E-state index in [1.54, 1.807) is 0 Å². The number of amides is 1. The highest BCUT2D eigenvalue weighted by Gasteiger charge is 2.19. The molecule has 1 N–H and O–H groups in total. The summed E-state index contributed by atoms with van der Waals surface area (Å²) in [4.78, 5) is 14.1. The van der Waals surface area contributed by atoms with Crippen LogP contribution < -0.4 is 5.32 Å². The van der Waals surface area contributed by atoms with Gasteiger partial charge < -0.3 is 10.2 Å². The van der Waals surface area contributed by atoms with Crippen LogP contribution in [0.25, 0.3) is 0 Å². The third kappa shape index (κ3) is 4.34. The highest BCUT2D eigenvalue weighted by molar-refractivity contribution is 5.76. The van der Waals surface area contributed by atoms with E-state index in [2.05, 4.69) is 36.5 Å². The maximum absolute atomic E-state index is 12.2. The van der Waals surface area contributed by atoms with Gasteiger partial charge in [0.15, 0.2) is 0 Å². The number of nitrogens with zero attached hydrogens (tertiary/aromatic N) is 1. The first-order chi connectivity index (χ1) is 9.69. The van der Waals surface area contributed by atoms with Crippen LogP contribution in [0.15, 0.2) is 24.3 Å². The summed E-state index contributed by atoms with van der Waals surface area (Å²) in [5.41, 5.74) is 2.55. The van der Waals surface area contributed by atoms with Crippen LogP contribution in [0.3, 0.4) is 0 Å². The molecule has 2 rings (SSSR count). The number of nitrogens with one attached hydrogen (secondary N) is 1. The molecule has 0 aromatic heterocycles. The molecule has 1 fully saturated rings. The smallest absolute Gasteiger partial charge is 0.222 e. The first-order valence-corrected chi connectivity index (χ1v) is 7.71. The Kier molecular flexibility index (Phi) is 5.60. The van der Waals surface area contributed by atoms with E-state index in [-0.39, 0.29) is 5.91 Å². The second-order valence-corrected chi connectivity index (χ2v) is 5.84. The van der Waals surface area contributed by atoms with Crippen LogP contribution in [0.1, 0.15) is 37.3 Å². The fourth-order valence-electron chi connectivity index (χ4n) is 2.74. The monoisotopic (exact) mass is 274 g/mol. The van der Waals surface area contributed by atoms with Crippen LogP contribution in [0, 0.1) is 5.92 Å². The zero-order valence-corrected chi connectivity index (χ0v) is 12.7. The van der Waals surface area contributed by atoms with Crippen LogP contribution in [0.5, 0.6) is 0 Å². The summed E-state index contributed by atoms with van der Waals surface area (Å²) >= 11 is 0. The van der Waals surface area contributed by atoms with Gasteiger partial charge >= 0.3 is 0 Å². The lowest BCUT2D eigenvalue weighted by Crippen LogP contribution is -2.34. The third-order valence-corrected chi connectivity index (χ3v) is 4.14. The average Bonchev–Trinajstić information content (AvgIpc) is 2.49. The molecular weight excluding hydrogens is 248 g/mol. The first-order valence-electron chi connectivity index (χ1n) is 7.71. The number of aryl methyl sites for hydroxylation is 1. The molecular formula is C17H26N2O. The van der Waals surface area contributed by atoms with E-state index < -0.39 is 0 Å². The first kappa shape index (κ1) is 15.0. The summed E-state index contributed by atoms with van der Waals surface area (Å²) in [5.74, 6) is 0.777. The maximum atomic E-state index is 12.2. The highest BCUT2D eigenvalue weighted by Crippen LogP contribution is 2.16. The molecule has 3 heteroatoms. The van der Waals surface area contributed by atoms with Crippen molar-refractivity contribution in [2.45, 2.75) is 39.2 Å². The Balaban J connectivity index is 1.83. The van der Waals surface area contributed by atoms with Gasteiger partial charge in [-0.05, 0) is 49.4 Å². The Hall–Kier alpha value is -1.35. The number of hydrogen-bond acceptors (Lipinski definition) is 2. The standard InChI is InChI=1S/C17H26N2O/c1-3-14-6-8-15(9-7-14)13-19(2)17(20)11-16-5-4-10-18-12-16/h6-9,16,18H,3-5,10-13H2,1-2H3. The molecule has 0 saturated carbocycles. The van der Waals surface area contributed by atoms with Crippen molar-refractivity contribution < 1.29 is 4.79 Å². The van der Waals surface area contributed by atoms with Crippen molar-refractivity contribution in [3.05, 3.63) is 35.4 Å². The van der Waals surface area contributed by atoms with Crippen molar-refractivity contribution in [1.29, 1.82) is 0 Å². The van der Waals surface area contributed by atoms with E-state index in [1.807, 2.05) is 11.9 Å². The number of hydrogen-bond donors (Lipinski definition) is 1. The third-order valence-electron chi connectivity index (χ3n) is 4.14. The minimum Gasteiger partial charge on any atom is -0.341 e. The van der Waals surface area contributed by atoms with Crippen molar-refractivity contribution >= 4 is 5.91 Å². The summed E-state index contributed by atoms with van der Waals surface area (Å²) in [6, 6.07) is 8.56. The molecule has 0 aliphatic carbocycles. The minimum absolute atomic E-state index is 0.262. The predicted molar refractivity (Wildman–Crippen MR) is 82.5 cm³/mol. The zero-order chi connectivity index (χ0) is 14.4. The Bertz CT molecular complexity index is 421. The molecule has 20 heavy (non-hydrogen) atoms. The second kappa shape index (κ2) is 7.44. The topological polar surface area (TPSA) is 32.3 Å². The highest BCUT2D eigenvalue weighted by atomic mass is 16.2. The summed E-state index contributed by atoms with van der Waals surface area (Å²) in [6.45, 7) is 4.96. The fraction of sp³-hybridized carbons (Fsp3) is 0.588. The van der Waals surface area contributed by atoms with Crippen LogP contribution in [-0.2, 0) is 17.8 Å². The lowest BCUT2D eigenvalue weighted by atomic mass is 9.95. The molecule has 3 nitrogen and oxygen atoms in total. The van der Waals surface area contributed by atoms with Gasteiger partial charge in [0.25, 0.3) is 0 Å². The summed E-state index contributed by atoms with van der Waals surface area (Å²) in [5, 5.41) is 3.37. The van der Waals surface area contributed by atoms with Crippen LogP contribution >= 0.6 is 0 Å². The fourth-order valence-corrected chi connectivity index (χ4v) is 2.74. The van der Waals surface area contributed by atoms with Crippen molar-refractivity contribution in [1.82, 2.24) is 10.2 Å². The number of rotatable bonds is 5. The van der Waals surface area contributed by atoms with Gasteiger partial charge in [-0.15, -0.1) is 0 Å². The summed E-state index contributed by atoms with van der Waals surface area (Å²) in [6.07, 6.45) is 4.11. The molecule has 1 heterocycles. The summed E-state index contributed by atoms with van der Waals surface area (Å²) < 4.78 is 0. The second-order valence-electron chi connectivity index (χ2n) is 5.84. The Morgan fingerprint density at radius 2 is 2.00 bits per heavy atom. The van der Waals surface area contributed by atoms with E-state index in [1.165, 1.54) is 24.0 Å². The molecule has 1 atom stereocenters. The van der Waals surface area contributed by atoms with E-state index in [9.17, 15) is 4.79 Å². The zero-order valence-electron chi connectivity index (χ0n) is 12.7. The molecule has 0 bridgehead atoms. The largest absolute Gasteiger partial charge is 0.341 e. The molecule has 1 aliphatic rings. The van der Waals surface area contributed by atoms with Gasteiger partial charge in [0.1, 0.15) is 0 Å². The molecule has 1 aromatic rings. The quantitative estimate of drug-likeness (QED) is 0.895. The van der Waals surface area contributed by atoms with Gasteiger partial charge in [-0.1, -0.05) is 31.2 Å². The van der Waals surface area contributed by atoms with Gasteiger partial charge in [-0.25, -0.2) is 0 Å². The number of carbonyl (C=O) groups excluding carboxylic acids is 1.